The van der Waals surface area contributed by atoms with Crippen LogP contribution in [0.15, 0.2) is 52.5 Å². The van der Waals surface area contributed by atoms with Gasteiger partial charge in [-0.05, 0) is 26.0 Å². The van der Waals surface area contributed by atoms with E-state index in [0.29, 0.717) is 5.70 Å². The molecule has 92 valence electrons. The first-order valence-corrected chi connectivity index (χ1v) is 5.69. The standard InChI is InChI=1S/C12H14N2O.C2H6/c1-4-5-11(14-9(2)3)10-6-7-13-12(15)8-10;1-2/h4-8H,2H2,1,3H3,(H,13,15);1-2H3/b5-4-,14-11?;. The lowest BCUT2D eigenvalue weighted by Gasteiger charge is -2.00. The molecule has 0 bridgehead atoms. The minimum atomic E-state index is -0.133. The number of aromatic amines is 1. The van der Waals surface area contributed by atoms with Crippen LogP contribution in [-0.2, 0) is 0 Å². The van der Waals surface area contributed by atoms with Gasteiger partial charge in [0.2, 0.25) is 5.56 Å². The monoisotopic (exact) mass is 232 g/mol. The summed E-state index contributed by atoms with van der Waals surface area (Å²) in [7, 11) is 0. The lowest BCUT2D eigenvalue weighted by molar-refractivity contribution is 1.23. The summed E-state index contributed by atoms with van der Waals surface area (Å²) in [5, 5.41) is 0. The summed E-state index contributed by atoms with van der Waals surface area (Å²) in [4.78, 5) is 18.0. The lowest BCUT2D eigenvalue weighted by Crippen LogP contribution is -2.07. The molecule has 0 aliphatic heterocycles. The molecule has 1 rings (SSSR count). The summed E-state index contributed by atoms with van der Waals surface area (Å²) >= 11 is 0. The maximum Gasteiger partial charge on any atom is 0.248 e. The van der Waals surface area contributed by atoms with Gasteiger partial charge in [0.15, 0.2) is 0 Å². The second-order valence-electron chi connectivity index (χ2n) is 3.17. The number of hydrogen-bond donors (Lipinski definition) is 1. The van der Waals surface area contributed by atoms with E-state index in [2.05, 4.69) is 16.6 Å². The Morgan fingerprint density at radius 1 is 1.47 bits per heavy atom. The number of hydrogen-bond acceptors (Lipinski definition) is 2. The van der Waals surface area contributed by atoms with Crippen LogP contribution in [0.1, 0.15) is 33.3 Å². The Bertz CT molecular complexity index is 467. The summed E-state index contributed by atoms with van der Waals surface area (Å²) in [6.45, 7) is 11.4. The summed E-state index contributed by atoms with van der Waals surface area (Å²) in [6.07, 6.45) is 5.33. The lowest BCUT2D eigenvalue weighted by atomic mass is 10.1. The van der Waals surface area contributed by atoms with E-state index >= 15 is 0 Å². The Labute approximate surface area is 103 Å². The Morgan fingerprint density at radius 2 is 2.12 bits per heavy atom. The van der Waals surface area contributed by atoms with E-state index in [9.17, 15) is 4.79 Å². The number of aromatic nitrogens is 1. The van der Waals surface area contributed by atoms with Crippen molar-refractivity contribution in [2.24, 2.45) is 4.99 Å². The molecular formula is C14H20N2O. The second-order valence-corrected chi connectivity index (χ2v) is 3.17. The first kappa shape index (κ1) is 15.1. The highest BCUT2D eigenvalue weighted by Crippen LogP contribution is 2.02. The molecule has 0 unspecified atom stereocenters. The quantitative estimate of drug-likeness (QED) is 0.798. The van der Waals surface area contributed by atoms with Gasteiger partial charge in [0.25, 0.3) is 0 Å². The van der Waals surface area contributed by atoms with Gasteiger partial charge < -0.3 is 4.98 Å². The molecule has 1 aromatic rings. The smallest absolute Gasteiger partial charge is 0.248 e. The van der Waals surface area contributed by atoms with Crippen molar-refractivity contribution in [3.63, 3.8) is 0 Å². The summed E-state index contributed by atoms with van der Waals surface area (Å²) in [6, 6.07) is 3.32. The minimum Gasteiger partial charge on any atom is -0.329 e. The average Bonchev–Trinajstić information content (AvgIpc) is 2.30. The van der Waals surface area contributed by atoms with Gasteiger partial charge in [0.1, 0.15) is 0 Å². The van der Waals surface area contributed by atoms with Crippen LogP contribution in [0.25, 0.3) is 0 Å². The second kappa shape index (κ2) is 8.28. The van der Waals surface area contributed by atoms with Crippen LogP contribution in [0.5, 0.6) is 0 Å². The highest BCUT2D eigenvalue weighted by atomic mass is 16.1. The number of aliphatic imine (C=N–C) groups is 1. The number of nitrogens with one attached hydrogen (secondary N) is 1. The minimum absolute atomic E-state index is 0.133. The van der Waals surface area contributed by atoms with Crippen LogP contribution in [-0.4, -0.2) is 10.7 Å². The van der Waals surface area contributed by atoms with Gasteiger partial charge in [-0.1, -0.05) is 26.5 Å². The van der Waals surface area contributed by atoms with E-state index in [1.54, 1.807) is 6.20 Å². The zero-order valence-corrected chi connectivity index (χ0v) is 10.9. The molecule has 0 saturated heterocycles. The van der Waals surface area contributed by atoms with E-state index in [0.717, 1.165) is 11.3 Å². The van der Waals surface area contributed by atoms with E-state index in [1.807, 2.05) is 45.9 Å². The molecule has 17 heavy (non-hydrogen) atoms. The molecule has 1 aromatic heterocycles. The zero-order valence-electron chi connectivity index (χ0n) is 10.9. The molecule has 0 aromatic carbocycles. The van der Waals surface area contributed by atoms with Crippen LogP contribution in [0.2, 0.25) is 0 Å². The van der Waals surface area contributed by atoms with E-state index in [4.69, 9.17) is 0 Å². The van der Waals surface area contributed by atoms with E-state index in [-0.39, 0.29) is 5.56 Å². The van der Waals surface area contributed by atoms with E-state index in [1.165, 1.54) is 6.07 Å². The van der Waals surface area contributed by atoms with Crippen molar-refractivity contribution in [3.05, 3.63) is 58.7 Å². The maximum absolute atomic E-state index is 11.1. The van der Waals surface area contributed by atoms with Gasteiger partial charge in [-0.2, -0.15) is 0 Å². The number of pyridine rings is 1. The van der Waals surface area contributed by atoms with Gasteiger partial charge >= 0.3 is 0 Å². The normalized spacial score (nSPS) is 10.9. The van der Waals surface area contributed by atoms with Gasteiger partial charge in [0.05, 0.1) is 5.71 Å². The van der Waals surface area contributed by atoms with Crippen LogP contribution in [0.4, 0.5) is 0 Å². The van der Waals surface area contributed by atoms with Crippen molar-refractivity contribution in [2.75, 3.05) is 0 Å². The molecule has 0 aliphatic rings. The molecule has 1 heterocycles. The van der Waals surface area contributed by atoms with Gasteiger partial charge in [0, 0.05) is 23.5 Å². The van der Waals surface area contributed by atoms with Gasteiger partial charge in [-0.3, -0.25) is 9.79 Å². The van der Waals surface area contributed by atoms with Crippen LogP contribution in [0, 0.1) is 0 Å². The molecule has 3 heteroatoms. The molecule has 0 aliphatic carbocycles. The van der Waals surface area contributed by atoms with Crippen molar-refractivity contribution >= 4 is 5.71 Å². The summed E-state index contributed by atoms with van der Waals surface area (Å²) in [5.41, 5.74) is 2.12. The molecule has 1 N–H and O–H groups in total. The van der Waals surface area contributed by atoms with E-state index < -0.39 is 0 Å². The summed E-state index contributed by atoms with van der Waals surface area (Å²) in [5.74, 6) is 0. The van der Waals surface area contributed by atoms with Gasteiger partial charge in [-0.25, -0.2) is 0 Å². The third kappa shape index (κ3) is 5.66. The first-order chi connectivity index (χ1) is 8.13. The fourth-order valence-corrected chi connectivity index (χ4v) is 1.17. The Hall–Kier alpha value is -1.90. The Morgan fingerprint density at radius 3 is 2.59 bits per heavy atom. The van der Waals surface area contributed by atoms with Crippen LogP contribution < -0.4 is 5.56 Å². The maximum atomic E-state index is 11.1. The number of allylic oxidation sites excluding steroid dienone is 3. The van der Waals surface area contributed by atoms with Crippen molar-refractivity contribution in [2.45, 2.75) is 27.7 Å². The number of nitrogens with zero attached hydrogens (tertiary/aromatic N) is 1. The Balaban J connectivity index is 0.00000121. The van der Waals surface area contributed by atoms with Crippen molar-refractivity contribution in [3.8, 4) is 0 Å². The fraction of sp³-hybridized carbons (Fsp3) is 0.286. The third-order valence-corrected chi connectivity index (χ3v) is 1.71. The third-order valence-electron chi connectivity index (χ3n) is 1.71. The Kier molecular flexibility index (Phi) is 7.35. The molecule has 0 spiro atoms. The average molecular weight is 232 g/mol. The topological polar surface area (TPSA) is 45.2 Å². The van der Waals surface area contributed by atoms with Crippen LogP contribution in [0.3, 0.4) is 0 Å². The first-order valence-electron chi connectivity index (χ1n) is 5.69. The predicted octanol–water partition coefficient (Wildman–Crippen LogP) is 3.30. The number of rotatable bonds is 3. The largest absolute Gasteiger partial charge is 0.329 e. The zero-order chi connectivity index (χ0) is 13.3. The molecule has 0 atom stereocenters. The highest BCUT2D eigenvalue weighted by molar-refractivity contribution is 6.09. The molecule has 0 radical (unpaired) electrons. The van der Waals surface area contributed by atoms with Crippen LogP contribution >= 0.6 is 0 Å². The fourth-order valence-electron chi connectivity index (χ4n) is 1.17. The molecule has 3 nitrogen and oxygen atoms in total. The van der Waals surface area contributed by atoms with Gasteiger partial charge in [-0.15, -0.1) is 0 Å². The summed E-state index contributed by atoms with van der Waals surface area (Å²) < 4.78 is 0. The SMILES string of the molecule is C=C(C)N=C(/C=C\C)c1cc[nH]c(=O)c1.CC. The number of H-pyrrole nitrogens is 1. The molecule has 0 amide bonds. The van der Waals surface area contributed by atoms with Crippen molar-refractivity contribution in [1.82, 2.24) is 4.98 Å². The molecule has 0 saturated carbocycles. The highest BCUT2D eigenvalue weighted by Gasteiger charge is 1.99. The predicted molar refractivity (Wildman–Crippen MR) is 74.6 cm³/mol. The molecular weight excluding hydrogens is 212 g/mol. The van der Waals surface area contributed by atoms with Crippen molar-refractivity contribution in [1.29, 1.82) is 0 Å². The van der Waals surface area contributed by atoms with Crippen molar-refractivity contribution < 1.29 is 0 Å². The molecule has 0 fully saturated rings.